The summed E-state index contributed by atoms with van der Waals surface area (Å²) in [7, 11) is 0. The fourth-order valence-corrected chi connectivity index (χ4v) is 3.11. The molecule has 0 aromatic heterocycles. The first-order valence-electron chi connectivity index (χ1n) is 7.61. The van der Waals surface area contributed by atoms with E-state index in [1.807, 2.05) is 36.4 Å². The van der Waals surface area contributed by atoms with Crippen LogP contribution in [0, 0.1) is 0 Å². The largest absolute Gasteiger partial charge is 0.364 e. The SMILES string of the molecule is O=C(ON1CCCC(c2ccc(Cl)c(Cl)c2)C1)c1ccccc1. The molecule has 2 aromatic carbocycles. The second kappa shape index (κ2) is 7.35. The lowest BCUT2D eigenvalue weighted by Gasteiger charge is -2.31. The maximum Gasteiger partial charge on any atom is 0.357 e. The van der Waals surface area contributed by atoms with E-state index in [-0.39, 0.29) is 11.9 Å². The van der Waals surface area contributed by atoms with E-state index in [1.54, 1.807) is 17.2 Å². The van der Waals surface area contributed by atoms with Crippen LogP contribution in [0.3, 0.4) is 0 Å². The number of hydroxylamine groups is 2. The first-order valence-corrected chi connectivity index (χ1v) is 8.36. The minimum atomic E-state index is -0.319. The van der Waals surface area contributed by atoms with E-state index in [0.717, 1.165) is 24.9 Å². The fraction of sp³-hybridized carbons (Fsp3) is 0.278. The summed E-state index contributed by atoms with van der Waals surface area (Å²) in [4.78, 5) is 17.7. The van der Waals surface area contributed by atoms with Crippen molar-refractivity contribution >= 4 is 29.2 Å². The molecule has 1 aliphatic rings. The van der Waals surface area contributed by atoms with Gasteiger partial charge in [-0.1, -0.05) is 47.5 Å². The number of carbonyl (C=O) groups is 1. The molecule has 0 bridgehead atoms. The summed E-state index contributed by atoms with van der Waals surface area (Å²) in [5, 5.41) is 2.85. The van der Waals surface area contributed by atoms with Crippen LogP contribution in [-0.2, 0) is 4.84 Å². The zero-order valence-corrected chi connectivity index (χ0v) is 14.1. The molecule has 1 unspecified atom stereocenters. The van der Waals surface area contributed by atoms with Gasteiger partial charge in [-0.3, -0.25) is 0 Å². The summed E-state index contributed by atoms with van der Waals surface area (Å²) in [6, 6.07) is 14.7. The molecule has 1 heterocycles. The molecule has 23 heavy (non-hydrogen) atoms. The van der Waals surface area contributed by atoms with E-state index in [9.17, 15) is 4.79 Å². The highest BCUT2D eigenvalue weighted by Crippen LogP contribution is 2.31. The van der Waals surface area contributed by atoms with Crippen LogP contribution in [0.1, 0.15) is 34.7 Å². The summed E-state index contributed by atoms with van der Waals surface area (Å²) in [5.74, 6) is -0.0394. The van der Waals surface area contributed by atoms with Gasteiger partial charge < -0.3 is 4.84 Å². The van der Waals surface area contributed by atoms with Gasteiger partial charge in [0.1, 0.15) is 0 Å². The Morgan fingerprint density at radius 2 is 1.87 bits per heavy atom. The first-order chi connectivity index (χ1) is 11.1. The molecule has 0 radical (unpaired) electrons. The Morgan fingerprint density at radius 1 is 1.09 bits per heavy atom. The van der Waals surface area contributed by atoms with Gasteiger partial charge in [-0.2, -0.15) is 0 Å². The van der Waals surface area contributed by atoms with Crippen molar-refractivity contribution in [3.63, 3.8) is 0 Å². The van der Waals surface area contributed by atoms with Crippen LogP contribution in [0.2, 0.25) is 10.0 Å². The van der Waals surface area contributed by atoms with Crippen molar-refractivity contribution in [1.82, 2.24) is 5.06 Å². The molecule has 5 heteroatoms. The van der Waals surface area contributed by atoms with E-state index >= 15 is 0 Å². The highest BCUT2D eigenvalue weighted by atomic mass is 35.5. The Labute approximate surface area is 145 Å². The molecule has 1 aliphatic heterocycles. The number of nitrogens with zero attached hydrogens (tertiary/aromatic N) is 1. The molecular weight excluding hydrogens is 333 g/mol. The highest BCUT2D eigenvalue weighted by Gasteiger charge is 2.24. The maximum atomic E-state index is 12.2. The number of hydrogen-bond acceptors (Lipinski definition) is 3. The van der Waals surface area contributed by atoms with Crippen LogP contribution in [0.25, 0.3) is 0 Å². The standard InChI is InChI=1S/C18H17Cl2NO2/c19-16-9-8-14(11-17(16)20)15-7-4-10-21(12-15)23-18(22)13-5-2-1-3-6-13/h1-3,5-6,8-9,11,15H,4,7,10,12H2. The number of benzene rings is 2. The quantitative estimate of drug-likeness (QED) is 0.785. The van der Waals surface area contributed by atoms with E-state index in [0.29, 0.717) is 22.2 Å². The molecule has 0 saturated carbocycles. The second-order valence-corrected chi connectivity index (χ2v) is 6.46. The zero-order valence-electron chi connectivity index (χ0n) is 12.5. The molecule has 0 amide bonds. The van der Waals surface area contributed by atoms with Gasteiger partial charge in [-0.15, -0.1) is 5.06 Å². The van der Waals surface area contributed by atoms with E-state index < -0.39 is 0 Å². The highest BCUT2D eigenvalue weighted by molar-refractivity contribution is 6.42. The summed E-state index contributed by atoms with van der Waals surface area (Å²) in [5.41, 5.74) is 1.68. The molecule has 1 atom stereocenters. The lowest BCUT2D eigenvalue weighted by molar-refractivity contribution is -0.123. The van der Waals surface area contributed by atoms with Gasteiger partial charge in [-0.05, 0) is 42.7 Å². The van der Waals surface area contributed by atoms with Gasteiger partial charge in [0.15, 0.2) is 0 Å². The fourth-order valence-electron chi connectivity index (χ4n) is 2.81. The molecule has 3 rings (SSSR count). The van der Waals surface area contributed by atoms with Crippen LogP contribution >= 0.6 is 23.2 Å². The van der Waals surface area contributed by atoms with Crippen LogP contribution in [0.4, 0.5) is 0 Å². The number of piperidine rings is 1. The van der Waals surface area contributed by atoms with Crippen LogP contribution in [-0.4, -0.2) is 24.1 Å². The lowest BCUT2D eigenvalue weighted by Crippen LogP contribution is -2.36. The molecule has 3 nitrogen and oxygen atoms in total. The molecule has 1 fully saturated rings. The van der Waals surface area contributed by atoms with Crippen molar-refractivity contribution in [2.24, 2.45) is 0 Å². The monoisotopic (exact) mass is 349 g/mol. The normalized spacial score (nSPS) is 18.6. The predicted molar refractivity (Wildman–Crippen MR) is 91.9 cm³/mol. The van der Waals surface area contributed by atoms with E-state index in [1.165, 1.54) is 0 Å². The molecule has 0 N–H and O–H groups in total. The zero-order chi connectivity index (χ0) is 16.2. The van der Waals surface area contributed by atoms with Crippen molar-refractivity contribution < 1.29 is 9.63 Å². The van der Waals surface area contributed by atoms with Crippen molar-refractivity contribution in [2.75, 3.05) is 13.1 Å². The summed E-state index contributed by atoms with van der Waals surface area (Å²) >= 11 is 12.1. The Morgan fingerprint density at radius 3 is 2.61 bits per heavy atom. The van der Waals surface area contributed by atoms with Crippen molar-refractivity contribution in [3.05, 3.63) is 69.7 Å². The molecule has 2 aromatic rings. The first kappa shape index (κ1) is 16.3. The number of rotatable bonds is 3. The Bertz CT molecular complexity index is 691. The minimum absolute atomic E-state index is 0.280. The van der Waals surface area contributed by atoms with Crippen molar-refractivity contribution in [1.29, 1.82) is 0 Å². The maximum absolute atomic E-state index is 12.2. The van der Waals surface area contributed by atoms with Crippen LogP contribution in [0.15, 0.2) is 48.5 Å². The molecule has 120 valence electrons. The third-order valence-corrected chi connectivity index (χ3v) is 4.76. The topological polar surface area (TPSA) is 29.5 Å². The third kappa shape index (κ3) is 4.05. The van der Waals surface area contributed by atoms with Gasteiger partial charge in [0, 0.05) is 19.0 Å². The van der Waals surface area contributed by atoms with Gasteiger partial charge >= 0.3 is 5.97 Å². The van der Waals surface area contributed by atoms with E-state index in [4.69, 9.17) is 28.0 Å². The van der Waals surface area contributed by atoms with Crippen LogP contribution < -0.4 is 0 Å². The predicted octanol–water partition coefficient (Wildman–Crippen LogP) is 4.94. The summed E-state index contributed by atoms with van der Waals surface area (Å²) in [6.07, 6.45) is 2.00. The minimum Gasteiger partial charge on any atom is -0.364 e. The summed E-state index contributed by atoms with van der Waals surface area (Å²) < 4.78 is 0. The Balaban J connectivity index is 1.66. The summed E-state index contributed by atoms with van der Waals surface area (Å²) in [6.45, 7) is 1.41. The number of hydrogen-bond donors (Lipinski definition) is 0. The third-order valence-electron chi connectivity index (χ3n) is 4.02. The smallest absolute Gasteiger partial charge is 0.357 e. The average molecular weight is 350 g/mol. The molecular formula is C18H17Cl2NO2. The van der Waals surface area contributed by atoms with Crippen molar-refractivity contribution in [3.8, 4) is 0 Å². The van der Waals surface area contributed by atoms with Crippen molar-refractivity contribution in [2.45, 2.75) is 18.8 Å². The van der Waals surface area contributed by atoms with Crippen LogP contribution in [0.5, 0.6) is 0 Å². The van der Waals surface area contributed by atoms with Gasteiger partial charge in [0.25, 0.3) is 0 Å². The Kier molecular flexibility index (Phi) is 5.21. The molecule has 1 saturated heterocycles. The van der Waals surface area contributed by atoms with E-state index in [2.05, 4.69) is 0 Å². The molecule has 0 aliphatic carbocycles. The van der Waals surface area contributed by atoms with Gasteiger partial charge in [-0.25, -0.2) is 4.79 Å². The Hall–Kier alpha value is -1.55. The number of carbonyl (C=O) groups excluding carboxylic acids is 1. The number of halogens is 2. The second-order valence-electron chi connectivity index (χ2n) is 5.65. The average Bonchev–Trinajstić information content (AvgIpc) is 2.58. The van der Waals surface area contributed by atoms with Gasteiger partial charge in [0.05, 0.1) is 15.6 Å². The van der Waals surface area contributed by atoms with Gasteiger partial charge in [0.2, 0.25) is 0 Å². The molecule has 0 spiro atoms. The lowest BCUT2D eigenvalue weighted by atomic mass is 9.91.